The number of carbonyl (C=O) groups excluding carboxylic acids is 1. The van der Waals surface area contributed by atoms with Gasteiger partial charge in [-0.05, 0) is 57.6 Å². The molecule has 2 aliphatic heterocycles. The lowest BCUT2D eigenvalue weighted by Crippen LogP contribution is -2.49. The third-order valence-corrected chi connectivity index (χ3v) is 7.09. The van der Waals surface area contributed by atoms with Crippen LogP contribution in [0.5, 0.6) is 0 Å². The van der Waals surface area contributed by atoms with Crippen LogP contribution >= 0.6 is 27.5 Å². The number of aromatic nitrogens is 2. The summed E-state index contributed by atoms with van der Waals surface area (Å²) in [6, 6.07) is 10.4. The van der Waals surface area contributed by atoms with Crippen LogP contribution in [0.2, 0.25) is 0 Å². The molecule has 0 spiro atoms. The van der Waals surface area contributed by atoms with Gasteiger partial charge in [0.2, 0.25) is 0 Å². The number of hydrogen-bond acceptors (Lipinski definition) is 6. The Kier molecular flexibility index (Phi) is 5.24. The zero-order valence-electron chi connectivity index (χ0n) is 16.1. The normalized spacial score (nSPS) is 17.8. The Bertz CT molecular complexity index is 1050. The molecule has 1 fully saturated rings. The number of benzene rings is 1. The lowest BCUT2D eigenvalue weighted by atomic mass is 10.0. The molecule has 1 amide bonds. The second-order valence-electron chi connectivity index (χ2n) is 7.54. The van der Waals surface area contributed by atoms with Crippen LogP contribution in [0.15, 0.2) is 41.1 Å². The van der Waals surface area contributed by atoms with E-state index in [0.29, 0.717) is 0 Å². The maximum absolute atomic E-state index is 12.8. The molecule has 0 radical (unpaired) electrons. The largest absolute Gasteiger partial charge is 0.353 e. The topological polar surface area (TPSA) is 52.6 Å². The van der Waals surface area contributed by atoms with E-state index in [2.05, 4.69) is 59.4 Å². The molecular formula is C21H22BrN5OS. The molecule has 0 N–H and O–H groups in total. The summed E-state index contributed by atoms with van der Waals surface area (Å²) in [6.45, 7) is 6.42. The molecule has 0 aliphatic carbocycles. The number of amides is 1. The van der Waals surface area contributed by atoms with Crippen molar-refractivity contribution in [2.45, 2.75) is 6.42 Å². The summed E-state index contributed by atoms with van der Waals surface area (Å²) in [7, 11) is 0. The first kappa shape index (κ1) is 19.0. The number of piperazine rings is 1. The average molecular weight is 472 g/mol. The highest BCUT2D eigenvalue weighted by atomic mass is 79.9. The van der Waals surface area contributed by atoms with Gasteiger partial charge in [0.25, 0.3) is 5.91 Å². The molecule has 150 valence electrons. The standard InChI is InChI=1S/C21H22BrN5OS/c22-19-13-15-5-6-27(21(28)17(15)14-23-19)12-9-25-7-10-26(11-8-25)20-16-3-1-2-4-18(16)29-24-20/h1-4,13-14H,5-12H2. The lowest BCUT2D eigenvalue weighted by Gasteiger charge is -2.36. The van der Waals surface area contributed by atoms with E-state index in [1.807, 2.05) is 11.0 Å². The van der Waals surface area contributed by atoms with Crippen LogP contribution in [-0.2, 0) is 6.42 Å². The van der Waals surface area contributed by atoms with Gasteiger partial charge in [0.15, 0.2) is 0 Å². The first-order chi connectivity index (χ1) is 14.2. The number of fused-ring (bicyclic) bond motifs is 2. The third-order valence-electron chi connectivity index (χ3n) is 5.84. The van der Waals surface area contributed by atoms with Crippen molar-refractivity contribution < 1.29 is 4.79 Å². The molecule has 0 unspecified atom stereocenters. The summed E-state index contributed by atoms with van der Waals surface area (Å²) in [5, 5.41) is 1.25. The van der Waals surface area contributed by atoms with Gasteiger partial charge in [-0.3, -0.25) is 9.69 Å². The Hall–Kier alpha value is -2.03. The van der Waals surface area contributed by atoms with Gasteiger partial charge in [-0.25, -0.2) is 4.98 Å². The van der Waals surface area contributed by atoms with Crippen LogP contribution < -0.4 is 4.90 Å². The zero-order chi connectivity index (χ0) is 19.8. The van der Waals surface area contributed by atoms with E-state index in [1.165, 1.54) is 10.1 Å². The Morgan fingerprint density at radius 1 is 1.07 bits per heavy atom. The van der Waals surface area contributed by atoms with Crippen molar-refractivity contribution in [3.8, 4) is 0 Å². The van der Waals surface area contributed by atoms with Gasteiger partial charge >= 0.3 is 0 Å². The van der Waals surface area contributed by atoms with Crippen LogP contribution in [0.3, 0.4) is 0 Å². The Morgan fingerprint density at radius 3 is 2.76 bits per heavy atom. The van der Waals surface area contributed by atoms with Crippen LogP contribution in [0.1, 0.15) is 15.9 Å². The van der Waals surface area contributed by atoms with Crippen LogP contribution in [-0.4, -0.2) is 70.9 Å². The number of halogens is 1. The molecule has 1 saturated heterocycles. The third kappa shape index (κ3) is 3.76. The summed E-state index contributed by atoms with van der Waals surface area (Å²) in [6.07, 6.45) is 2.59. The smallest absolute Gasteiger partial charge is 0.255 e. The SMILES string of the molecule is O=C1c2cnc(Br)cc2CCN1CCN1CCN(c2nsc3ccccc23)CC1. The number of hydrogen-bond donors (Lipinski definition) is 0. The molecule has 5 rings (SSSR count). The molecular weight excluding hydrogens is 450 g/mol. The van der Waals surface area contributed by atoms with E-state index >= 15 is 0 Å². The minimum absolute atomic E-state index is 0.110. The number of anilines is 1. The Balaban J connectivity index is 1.17. The van der Waals surface area contributed by atoms with Crippen molar-refractivity contribution in [3.05, 3.63) is 52.3 Å². The molecule has 2 aromatic heterocycles. The summed E-state index contributed by atoms with van der Waals surface area (Å²) in [4.78, 5) is 23.8. The molecule has 8 heteroatoms. The van der Waals surface area contributed by atoms with Crippen molar-refractivity contribution >= 4 is 49.3 Å². The van der Waals surface area contributed by atoms with E-state index in [0.717, 1.165) is 73.8 Å². The van der Waals surface area contributed by atoms with Crippen molar-refractivity contribution in [1.29, 1.82) is 0 Å². The van der Waals surface area contributed by atoms with E-state index in [4.69, 9.17) is 0 Å². The minimum Gasteiger partial charge on any atom is -0.353 e. The second-order valence-corrected chi connectivity index (χ2v) is 9.15. The predicted molar refractivity (Wildman–Crippen MR) is 120 cm³/mol. The van der Waals surface area contributed by atoms with Gasteiger partial charge in [0.05, 0.1) is 10.3 Å². The molecule has 0 bridgehead atoms. The maximum Gasteiger partial charge on any atom is 0.255 e. The highest BCUT2D eigenvalue weighted by molar-refractivity contribution is 9.10. The Labute approximate surface area is 182 Å². The first-order valence-corrected chi connectivity index (χ1v) is 11.5. The van der Waals surface area contributed by atoms with Gasteiger partial charge in [-0.2, -0.15) is 4.37 Å². The summed E-state index contributed by atoms with van der Waals surface area (Å²) >= 11 is 4.97. The first-order valence-electron chi connectivity index (χ1n) is 9.94. The fourth-order valence-corrected chi connectivity index (χ4v) is 5.33. The van der Waals surface area contributed by atoms with Crippen LogP contribution in [0, 0.1) is 0 Å². The number of nitrogens with zero attached hydrogens (tertiary/aromatic N) is 5. The van der Waals surface area contributed by atoms with Gasteiger partial charge in [-0.1, -0.05) is 12.1 Å². The summed E-state index contributed by atoms with van der Waals surface area (Å²) < 4.78 is 6.73. The van der Waals surface area contributed by atoms with Crippen molar-refractivity contribution in [1.82, 2.24) is 19.2 Å². The lowest BCUT2D eigenvalue weighted by molar-refractivity contribution is 0.0716. The summed E-state index contributed by atoms with van der Waals surface area (Å²) in [5.41, 5.74) is 1.84. The minimum atomic E-state index is 0.110. The highest BCUT2D eigenvalue weighted by Gasteiger charge is 2.26. The number of rotatable bonds is 4. The number of pyridine rings is 1. The fourth-order valence-electron chi connectivity index (χ4n) is 4.15. The van der Waals surface area contributed by atoms with Gasteiger partial charge in [-0.15, -0.1) is 0 Å². The molecule has 29 heavy (non-hydrogen) atoms. The monoisotopic (exact) mass is 471 g/mol. The predicted octanol–water partition coefficient (Wildman–Crippen LogP) is 3.27. The van der Waals surface area contributed by atoms with Crippen LogP contribution in [0.4, 0.5) is 5.82 Å². The second kappa shape index (κ2) is 8.01. The van der Waals surface area contributed by atoms with E-state index < -0.39 is 0 Å². The van der Waals surface area contributed by atoms with E-state index in [1.54, 1.807) is 17.7 Å². The van der Waals surface area contributed by atoms with Crippen molar-refractivity contribution in [3.63, 3.8) is 0 Å². The molecule has 4 heterocycles. The van der Waals surface area contributed by atoms with Gasteiger partial charge in [0.1, 0.15) is 10.4 Å². The zero-order valence-corrected chi connectivity index (χ0v) is 18.5. The van der Waals surface area contributed by atoms with Crippen molar-refractivity contribution in [2.24, 2.45) is 0 Å². The summed E-state index contributed by atoms with van der Waals surface area (Å²) in [5.74, 6) is 1.23. The average Bonchev–Trinajstić information content (AvgIpc) is 3.18. The van der Waals surface area contributed by atoms with Crippen molar-refractivity contribution in [2.75, 3.05) is 50.7 Å². The van der Waals surface area contributed by atoms with Gasteiger partial charge in [0, 0.05) is 57.4 Å². The van der Waals surface area contributed by atoms with Crippen LogP contribution in [0.25, 0.3) is 10.1 Å². The highest BCUT2D eigenvalue weighted by Crippen LogP contribution is 2.29. The molecule has 1 aromatic carbocycles. The molecule has 0 saturated carbocycles. The molecule has 6 nitrogen and oxygen atoms in total. The quantitative estimate of drug-likeness (QED) is 0.546. The maximum atomic E-state index is 12.8. The molecule has 2 aliphatic rings. The van der Waals surface area contributed by atoms with E-state index in [9.17, 15) is 4.79 Å². The Morgan fingerprint density at radius 2 is 1.90 bits per heavy atom. The van der Waals surface area contributed by atoms with Gasteiger partial charge < -0.3 is 9.80 Å². The molecule has 3 aromatic rings. The van der Waals surface area contributed by atoms with E-state index in [-0.39, 0.29) is 5.91 Å². The number of carbonyl (C=O) groups is 1. The molecule has 0 atom stereocenters. The fraction of sp³-hybridized carbons (Fsp3) is 0.381.